The Morgan fingerprint density at radius 3 is 2.77 bits per heavy atom. The summed E-state index contributed by atoms with van der Waals surface area (Å²) in [7, 11) is 1.65. The number of rotatable bonds is 7. The van der Waals surface area contributed by atoms with Crippen molar-refractivity contribution in [3.05, 3.63) is 65.9 Å². The Hall–Kier alpha value is -3.32. The van der Waals surface area contributed by atoms with Gasteiger partial charge in [0.1, 0.15) is 5.75 Å². The predicted octanol–water partition coefficient (Wildman–Crippen LogP) is 0.439. The van der Waals surface area contributed by atoms with E-state index in [9.17, 15) is 9.59 Å². The van der Waals surface area contributed by atoms with Gasteiger partial charge in [0.2, 0.25) is 0 Å². The molecule has 156 valence electrons. The van der Waals surface area contributed by atoms with Crippen LogP contribution in [0.15, 0.2) is 54.7 Å². The van der Waals surface area contributed by atoms with Gasteiger partial charge in [-0.2, -0.15) is 0 Å². The first-order valence-electron chi connectivity index (χ1n) is 10.2. The van der Waals surface area contributed by atoms with Crippen LogP contribution in [-0.2, 0) is 9.59 Å². The van der Waals surface area contributed by atoms with E-state index in [-0.39, 0.29) is 17.7 Å². The van der Waals surface area contributed by atoms with Crippen molar-refractivity contribution in [1.82, 2.24) is 15.6 Å². The zero-order valence-corrected chi connectivity index (χ0v) is 17.0. The highest BCUT2D eigenvalue weighted by molar-refractivity contribution is 5.84. The van der Waals surface area contributed by atoms with E-state index < -0.39 is 0 Å². The molecule has 4 rings (SSSR count). The van der Waals surface area contributed by atoms with Crippen molar-refractivity contribution in [3.8, 4) is 5.75 Å². The first-order valence-corrected chi connectivity index (χ1v) is 10.2. The highest BCUT2D eigenvalue weighted by Gasteiger charge is 2.24. The average Bonchev–Trinajstić information content (AvgIpc) is 3.18. The molecule has 2 amide bonds. The maximum absolute atomic E-state index is 12.6. The molecule has 2 heterocycles. The fraction of sp³-hybridized carbons (Fsp3) is 0.304. The van der Waals surface area contributed by atoms with Crippen LogP contribution in [0, 0.1) is 0 Å². The lowest BCUT2D eigenvalue weighted by Crippen LogP contribution is -3.16. The second-order valence-corrected chi connectivity index (χ2v) is 7.62. The van der Waals surface area contributed by atoms with Crippen molar-refractivity contribution >= 4 is 22.7 Å². The second-order valence-electron chi connectivity index (χ2n) is 7.62. The molecule has 0 saturated carbocycles. The quantitative estimate of drug-likeness (QED) is 0.458. The largest absolute Gasteiger partial charge is 0.497 e. The Morgan fingerprint density at radius 2 is 2.00 bits per heavy atom. The molecular formula is C23H27N4O3+. The van der Waals surface area contributed by atoms with Gasteiger partial charge >= 0.3 is 0 Å². The number of methoxy groups -OCH3 is 1. The number of aromatic nitrogens is 1. The van der Waals surface area contributed by atoms with Crippen LogP contribution in [0.1, 0.15) is 17.0 Å². The number of fused-ring (bicyclic) bond motifs is 1. The van der Waals surface area contributed by atoms with E-state index in [1.807, 2.05) is 48.7 Å². The van der Waals surface area contributed by atoms with Crippen LogP contribution in [0.2, 0.25) is 0 Å². The van der Waals surface area contributed by atoms with Gasteiger partial charge < -0.3 is 25.3 Å². The summed E-state index contributed by atoms with van der Waals surface area (Å²) in [5.74, 6) is 0.750. The average molecular weight is 407 g/mol. The number of carbonyl (C=O) groups excluding carboxylic acids is 2. The Morgan fingerprint density at radius 1 is 1.20 bits per heavy atom. The van der Waals surface area contributed by atoms with Crippen molar-refractivity contribution in [2.24, 2.45) is 0 Å². The van der Waals surface area contributed by atoms with E-state index in [1.165, 1.54) is 0 Å². The monoisotopic (exact) mass is 407 g/mol. The number of amides is 2. The third-order valence-corrected chi connectivity index (χ3v) is 5.64. The van der Waals surface area contributed by atoms with Gasteiger partial charge in [0.05, 0.1) is 20.2 Å². The van der Waals surface area contributed by atoms with Crippen LogP contribution in [0.4, 0.5) is 0 Å². The van der Waals surface area contributed by atoms with E-state index in [0.29, 0.717) is 26.2 Å². The van der Waals surface area contributed by atoms with E-state index in [0.717, 1.165) is 39.2 Å². The summed E-state index contributed by atoms with van der Waals surface area (Å²) in [5.41, 5.74) is 3.31. The number of quaternary nitrogens is 1. The minimum Gasteiger partial charge on any atom is -0.497 e. The molecule has 1 fully saturated rings. The molecule has 7 heteroatoms. The van der Waals surface area contributed by atoms with Crippen molar-refractivity contribution in [2.45, 2.75) is 5.92 Å². The van der Waals surface area contributed by atoms with Crippen LogP contribution in [0.3, 0.4) is 0 Å². The Kier molecular flexibility index (Phi) is 5.99. The normalized spacial score (nSPS) is 17.4. The predicted molar refractivity (Wildman–Crippen MR) is 115 cm³/mol. The standard InChI is InChI=1S/C23H26N4O3/c1-30-17-8-6-16(7-9-17)19(20-13-25-21-5-3-2-4-18(20)21)12-26-23(29)15-27-11-10-24-22(28)14-27/h2-9,13,19,25H,10-12,14-15H2,1H3,(H,24,28)(H,26,29)/p+1/t19-/m1/s1. The molecule has 1 aliphatic rings. The number of aromatic amines is 1. The van der Waals surface area contributed by atoms with Gasteiger partial charge in [-0.1, -0.05) is 30.3 Å². The number of H-pyrrole nitrogens is 1. The topological polar surface area (TPSA) is 87.7 Å². The molecule has 0 aliphatic carbocycles. The highest BCUT2D eigenvalue weighted by atomic mass is 16.5. The van der Waals surface area contributed by atoms with E-state index >= 15 is 0 Å². The minimum absolute atomic E-state index is 0.000970. The van der Waals surface area contributed by atoms with Crippen LogP contribution in [0.5, 0.6) is 5.75 Å². The zero-order valence-electron chi connectivity index (χ0n) is 17.0. The fourth-order valence-electron chi connectivity index (χ4n) is 4.04. The molecule has 30 heavy (non-hydrogen) atoms. The number of hydrogen-bond donors (Lipinski definition) is 4. The van der Waals surface area contributed by atoms with Crippen LogP contribution in [-0.4, -0.2) is 56.6 Å². The summed E-state index contributed by atoms with van der Waals surface area (Å²) in [6.45, 7) is 2.51. The fourth-order valence-corrected chi connectivity index (χ4v) is 4.04. The molecule has 1 saturated heterocycles. The van der Waals surface area contributed by atoms with Gasteiger partial charge in [0, 0.05) is 29.6 Å². The molecule has 1 aliphatic heterocycles. The highest BCUT2D eigenvalue weighted by Crippen LogP contribution is 2.31. The molecule has 0 spiro atoms. The van der Waals surface area contributed by atoms with Crippen molar-refractivity contribution < 1.29 is 19.2 Å². The van der Waals surface area contributed by atoms with Gasteiger partial charge in [0.25, 0.3) is 11.8 Å². The number of hydrogen-bond acceptors (Lipinski definition) is 3. The summed E-state index contributed by atoms with van der Waals surface area (Å²) < 4.78 is 5.29. The Labute approximate surface area is 175 Å². The summed E-state index contributed by atoms with van der Waals surface area (Å²) in [6.07, 6.45) is 2.02. The number of ether oxygens (including phenoxy) is 1. The second kappa shape index (κ2) is 9.00. The third kappa shape index (κ3) is 4.46. The molecule has 3 aromatic rings. The smallest absolute Gasteiger partial charge is 0.275 e. The number of piperazine rings is 1. The molecule has 0 radical (unpaired) electrons. The molecule has 1 aromatic heterocycles. The molecule has 1 unspecified atom stereocenters. The lowest BCUT2D eigenvalue weighted by molar-refractivity contribution is -0.885. The number of carbonyl (C=O) groups is 2. The lowest BCUT2D eigenvalue weighted by atomic mass is 9.90. The van der Waals surface area contributed by atoms with Gasteiger partial charge in [0.15, 0.2) is 13.1 Å². The summed E-state index contributed by atoms with van der Waals surface area (Å²) >= 11 is 0. The number of para-hydroxylation sites is 1. The summed E-state index contributed by atoms with van der Waals surface area (Å²) in [5, 5.41) is 7.03. The first kappa shape index (κ1) is 20.0. The van der Waals surface area contributed by atoms with Crippen LogP contribution >= 0.6 is 0 Å². The van der Waals surface area contributed by atoms with E-state index in [1.54, 1.807) is 7.11 Å². The van der Waals surface area contributed by atoms with Gasteiger partial charge in [-0.3, -0.25) is 9.59 Å². The van der Waals surface area contributed by atoms with Gasteiger partial charge in [-0.25, -0.2) is 0 Å². The van der Waals surface area contributed by atoms with Crippen LogP contribution < -0.4 is 20.3 Å². The third-order valence-electron chi connectivity index (χ3n) is 5.64. The Bertz CT molecular complexity index is 1030. The van der Waals surface area contributed by atoms with Gasteiger partial charge in [-0.15, -0.1) is 0 Å². The molecule has 7 nitrogen and oxygen atoms in total. The molecule has 2 aromatic carbocycles. The summed E-state index contributed by atoms with van der Waals surface area (Å²) in [6, 6.07) is 16.1. The van der Waals surface area contributed by atoms with Crippen LogP contribution in [0.25, 0.3) is 10.9 Å². The molecule has 2 atom stereocenters. The van der Waals surface area contributed by atoms with Crippen molar-refractivity contribution in [3.63, 3.8) is 0 Å². The maximum atomic E-state index is 12.6. The van der Waals surface area contributed by atoms with E-state index in [4.69, 9.17) is 4.74 Å². The minimum atomic E-state index is -0.0435. The van der Waals surface area contributed by atoms with Crippen molar-refractivity contribution in [2.75, 3.05) is 39.8 Å². The first-order chi connectivity index (χ1) is 14.6. The van der Waals surface area contributed by atoms with E-state index in [2.05, 4.69) is 21.7 Å². The molecular weight excluding hydrogens is 380 g/mol. The van der Waals surface area contributed by atoms with Gasteiger partial charge in [-0.05, 0) is 29.3 Å². The number of benzene rings is 2. The maximum Gasteiger partial charge on any atom is 0.275 e. The number of nitrogens with one attached hydrogen (secondary N) is 4. The SMILES string of the molecule is COc1ccc([C@@H](CNC(=O)C[NH+]2CCNC(=O)C2)c2c[nH]c3ccccc23)cc1. The van der Waals surface area contributed by atoms with Crippen molar-refractivity contribution in [1.29, 1.82) is 0 Å². The summed E-state index contributed by atoms with van der Waals surface area (Å²) in [4.78, 5) is 28.5. The Balaban J connectivity index is 1.53. The molecule has 0 bridgehead atoms. The molecule has 4 N–H and O–H groups in total. The lowest BCUT2D eigenvalue weighted by Gasteiger charge is -2.24. The zero-order chi connectivity index (χ0) is 20.9.